The number of nitrogens with zero attached hydrogens (tertiary/aromatic N) is 3. The van der Waals surface area contributed by atoms with Crippen molar-refractivity contribution >= 4 is 28.9 Å². The zero-order valence-corrected chi connectivity index (χ0v) is 24.0. The predicted octanol–water partition coefficient (Wildman–Crippen LogP) is 6.42. The zero-order chi connectivity index (χ0) is 27.7. The minimum Gasteiger partial charge on any atom is -0.352 e. The number of carbonyl (C=O) groups excluding carboxylic acids is 1. The second-order valence-electron chi connectivity index (χ2n) is 10.4. The Labute approximate surface area is 236 Å². The molecule has 7 heteroatoms. The average molecular weight is 538 g/mol. The minimum absolute atomic E-state index is 0.0376. The summed E-state index contributed by atoms with van der Waals surface area (Å²) in [6, 6.07) is 22.2. The van der Waals surface area contributed by atoms with Crippen LogP contribution in [-0.4, -0.2) is 32.0 Å². The number of benzene rings is 2. The van der Waals surface area contributed by atoms with Gasteiger partial charge in [0.1, 0.15) is 0 Å². The van der Waals surface area contributed by atoms with Crippen molar-refractivity contribution < 1.29 is 4.79 Å². The molecule has 1 saturated heterocycles. The fourth-order valence-corrected chi connectivity index (χ4v) is 6.07. The van der Waals surface area contributed by atoms with Gasteiger partial charge in [-0.15, -0.1) is 0 Å². The lowest BCUT2D eigenvalue weighted by Crippen LogP contribution is -2.32. The van der Waals surface area contributed by atoms with E-state index in [9.17, 15) is 4.79 Å². The van der Waals surface area contributed by atoms with E-state index in [-0.39, 0.29) is 18.0 Å². The van der Waals surface area contributed by atoms with Crippen LogP contribution in [0.25, 0.3) is 5.69 Å². The summed E-state index contributed by atoms with van der Waals surface area (Å²) < 4.78 is 2.35. The third-order valence-corrected chi connectivity index (χ3v) is 7.88. The maximum absolute atomic E-state index is 12.9. The number of hydrogen-bond donors (Lipinski definition) is 2. The van der Waals surface area contributed by atoms with Crippen molar-refractivity contribution in [1.82, 2.24) is 19.8 Å². The number of carbonyl (C=O) groups is 1. The second-order valence-corrected chi connectivity index (χ2v) is 10.8. The lowest BCUT2D eigenvalue weighted by Gasteiger charge is -2.28. The smallest absolute Gasteiger partial charge is 0.226 e. The first-order valence-electron chi connectivity index (χ1n) is 13.3. The topological polar surface area (TPSA) is 62.2 Å². The van der Waals surface area contributed by atoms with Crippen LogP contribution in [0.2, 0.25) is 0 Å². The highest BCUT2D eigenvalue weighted by Crippen LogP contribution is 2.42. The van der Waals surface area contributed by atoms with Crippen molar-refractivity contribution in [2.24, 2.45) is 0 Å². The van der Waals surface area contributed by atoms with Crippen molar-refractivity contribution in [2.45, 2.75) is 53.1 Å². The van der Waals surface area contributed by atoms with Crippen LogP contribution in [0.4, 0.5) is 5.69 Å². The first-order chi connectivity index (χ1) is 18.7. The molecule has 200 valence electrons. The van der Waals surface area contributed by atoms with E-state index in [1.807, 2.05) is 55.6 Å². The van der Waals surface area contributed by atoms with Gasteiger partial charge < -0.3 is 20.1 Å². The second kappa shape index (κ2) is 11.0. The summed E-state index contributed by atoms with van der Waals surface area (Å²) in [4.78, 5) is 19.8. The normalized spacial score (nSPS) is 16.8. The molecule has 2 unspecified atom stereocenters. The van der Waals surface area contributed by atoms with Gasteiger partial charge in [0.2, 0.25) is 5.91 Å². The van der Waals surface area contributed by atoms with Crippen LogP contribution in [0, 0.1) is 34.6 Å². The molecule has 2 aromatic heterocycles. The molecule has 0 radical (unpaired) electrons. The summed E-state index contributed by atoms with van der Waals surface area (Å²) in [7, 11) is 0. The molecule has 1 aliphatic rings. The number of rotatable bonds is 7. The predicted molar refractivity (Wildman–Crippen MR) is 161 cm³/mol. The van der Waals surface area contributed by atoms with Crippen molar-refractivity contribution in [1.29, 1.82) is 0 Å². The highest BCUT2D eigenvalue weighted by atomic mass is 32.1. The Kier molecular flexibility index (Phi) is 7.53. The van der Waals surface area contributed by atoms with Gasteiger partial charge in [-0.3, -0.25) is 9.78 Å². The number of thiocarbonyl (C=S) groups is 1. The molecule has 5 rings (SSSR count). The number of para-hydroxylation sites is 1. The van der Waals surface area contributed by atoms with E-state index in [1.54, 1.807) is 0 Å². The van der Waals surface area contributed by atoms with Gasteiger partial charge in [0.15, 0.2) is 5.11 Å². The number of amides is 1. The SMILES string of the molecule is Cc1cccc(NC(=O)CCN2C(=S)NC(c3ccccn3)C2c2cc(C)n(-c3c(C)cccc3C)c2C)c1. The number of aromatic nitrogens is 2. The molecule has 1 aliphatic heterocycles. The van der Waals surface area contributed by atoms with Gasteiger partial charge in [0.05, 0.1) is 23.5 Å². The van der Waals surface area contributed by atoms with Gasteiger partial charge in [-0.2, -0.15) is 0 Å². The standard InChI is InChI=1S/C32H35N5OS/c1-20-10-8-13-25(18-20)34-28(38)15-17-36-31(29(35-32(36)39)27-14-6-7-16-33-27)26-19-23(4)37(24(26)5)30-21(2)11-9-12-22(30)3/h6-14,16,18-19,29,31H,15,17H2,1-5H3,(H,34,38)(H,35,39). The summed E-state index contributed by atoms with van der Waals surface area (Å²) in [5.74, 6) is -0.0376. The van der Waals surface area contributed by atoms with Crippen LogP contribution < -0.4 is 10.6 Å². The molecule has 2 atom stereocenters. The van der Waals surface area contributed by atoms with Crippen LogP contribution in [0.5, 0.6) is 0 Å². The van der Waals surface area contributed by atoms with Crippen LogP contribution in [0.15, 0.2) is 72.9 Å². The lowest BCUT2D eigenvalue weighted by atomic mass is 9.96. The number of aryl methyl sites for hydroxylation is 4. The molecule has 1 amide bonds. The average Bonchev–Trinajstić information content (AvgIpc) is 3.38. The van der Waals surface area contributed by atoms with Crippen LogP contribution in [-0.2, 0) is 4.79 Å². The summed E-state index contributed by atoms with van der Waals surface area (Å²) in [5.41, 5.74) is 10.0. The van der Waals surface area contributed by atoms with Gasteiger partial charge in [-0.05, 0) is 99.4 Å². The number of hydrogen-bond acceptors (Lipinski definition) is 3. The molecular formula is C32H35N5OS. The van der Waals surface area contributed by atoms with E-state index < -0.39 is 0 Å². The van der Waals surface area contributed by atoms with Gasteiger partial charge in [0.25, 0.3) is 0 Å². The van der Waals surface area contributed by atoms with E-state index >= 15 is 0 Å². The van der Waals surface area contributed by atoms with Gasteiger partial charge in [-0.1, -0.05) is 36.4 Å². The molecule has 2 aromatic carbocycles. The number of pyridine rings is 1. The molecule has 0 spiro atoms. The Hall–Kier alpha value is -3.97. The van der Waals surface area contributed by atoms with E-state index in [0.29, 0.717) is 18.1 Å². The van der Waals surface area contributed by atoms with E-state index in [2.05, 4.69) is 77.0 Å². The van der Waals surface area contributed by atoms with Crippen molar-refractivity contribution in [3.05, 3.63) is 112 Å². The summed E-state index contributed by atoms with van der Waals surface area (Å²) in [6.45, 7) is 11.1. The molecule has 6 nitrogen and oxygen atoms in total. The van der Waals surface area contributed by atoms with Gasteiger partial charge >= 0.3 is 0 Å². The fraction of sp³-hybridized carbons (Fsp3) is 0.281. The highest BCUT2D eigenvalue weighted by Gasteiger charge is 2.41. The molecule has 3 heterocycles. The number of nitrogens with one attached hydrogen (secondary N) is 2. The summed E-state index contributed by atoms with van der Waals surface area (Å²) >= 11 is 5.86. The van der Waals surface area contributed by atoms with Crippen LogP contribution in [0.1, 0.15) is 57.8 Å². The molecule has 4 aromatic rings. The Bertz CT molecular complexity index is 1510. The Morgan fingerprint density at radius 2 is 1.72 bits per heavy atom. The zero-order valence-electron chi connectivity index (χ0n) is 23.2. The van der Waals surface area contributed by atoms with Crippen LogP contribution >= 0.6 is 12.2 Å². The maximum atomic E-state index is 12.9. The van der Waals surface area contributed by atoms with Crippen molar-refractivity contribution in [3.8, 4) is 5.69 Å². The summed E-state index contributed by atoms with van der Waals surface area (Å²) in [6.07, 6.45) is 2.13. The van der Waals surface area contributed by atoms with E-state index in [0.717, 1.165) is 28.3 Å². The highest BCUT2D eigenvalue weighted by molar-refractivity contribution is 7.80. The first-order valence-corrected chi connectivity index (χ1v) is 13.8. The third kappa shape index (κ3) is 5.32. The summed E-state index contributed by atoms with van der Waals surface area (Å²) in [5, 5.41) is 7.19. The third-order valence-electron chi connectivity index (χ3n) is 7.53. The fourth-order valence-electron chi connectivity index (χ4n) is 5.74. The Morgan fingerprint density at radius 3 is 2.41 bits per heavy atom. The molecule has 39 heavy (non-hydrogen) atoms. The molecule has 0 bridgehead atoms. The quantitative estimate of drug-likeness (QED) is 0.267. The molecule has 2 N–H and O–H groups in total. The largest absolute Gasteiger partial charge is 0.352 e. The Morgan fingerprint density at radius 1 is 0.974 bits per heavy atom. The van der Waals surface area contributed by atoms with Gasteiger partial charge in [-0.25, -0.2) is 0 Å². The van der Waals surface area contributed by atoms with E-state index in [4.69, 9.17) is 12.2 Å². The van der Waals surface area contributed by atoms with Crippen molar-refractivity contribution in [2.75, 3.05) is 11.9 Å². The molecular weight excluding hydrogens is 502 g/mol. The van der Waals surface area contributed by atoms with Gasteiger partial charge in [0, 0.05) is 36.2 Å². The lowest BCUT2D eigenvalue weighted by molar-refractivity contribution is -0.116. The Balaban J connectivity index is 1.50. The molecule has 1 fully saturated rings. The monoisotopic (exact) mass is 537 g/mol. The molecule has 0 saturated carbocycles. The minimum atomic E-state index is -0.134. The first kappa shape index (κ1) is 26.6. The number of anilines is 1. The van der Waals surface area contributed by atoms with Crippen LogP contribution in [0.3, 0.4) is 0 Å². The maximum Gasteiger partial charge on any atom is 0.226 e. The molecule has 0 aliphatic carbocycles. The van der Waals surface area contributed by atoms with Crippen molar-refractivity contribution in [3.63, 3.8) is 0 Å². The van der Waals surface area contributed by atoms with E-state index in [1.165, 1.54) is 22.4 Å².